The first-order valence-corrected chi connectivity index (χ1v) is 9.69. The van der Waals surface area contributed by atoms with Crippen LogP contribution in [0.15, 0.2) is 53.1 Å². The topological polar surface area (TPSA) is 76.8 Å². The van der Waals surface area contributed by atoms with E-state index in [9.17, 15) is 9.18 Å². The van der Waals surface area contributed by atoms with Crippen molar-refractivity contribution in [2.75, 3.05) is 13.3 Å². The number of oxazole rings is 1. The van der Waals surface area contributed by atoms with Crippen LogP contribution in [-0.4, -0.2) is 29.1 Å². The second kappa shape index (κ2) is 8.96. The zero-order chi connectivity index (χ0) is 20.9. The van der Waals surface area contributed by atoms with Crippen LogP contribution in [0.2, 0.25) is 0 Å². The van der Waals surface area contributed by atoms with Gasteiger partial charge in [0, 0.05) is 25.2 Å². The van der Waals surface area contributed by atoms with Gasteiger partial charge < -0.3 is 19.2 Å². The van der Waals surface area contributed by atoms with Gasteiger partial charge in [0.1, 0.15) is 12.1 Å². The lowest BCUT2D eigenvalue weighted by Gasteiger charge is -2.21. The molecule has 1 aromatic heterocycles. The van der Waals surface area contributed by atoms with Gasteiger partial charge in [-0.05, 0) is 30.7 Å². The van der Waals surface area contributed by atoms with Crippen LogP contribution in [0.3, 0.4) is 0 Å². The number of nitrogens with zero attached hydrogens (tertiary/aromatic N) is 2. The fourth-order valence-electron chi connectivity index (χ4n) is 3.26. The van der Waals surface area contributed by atoms with Crippen LogP contribution in [-0.2, 0) is 19.6 Å². The molecular weight excluding hydrogens is 389 g/mol. The Labute approximate surface area is 173 Å². The van der Waals surface area contributed by atoms with Crippen molar-refractivity contribution in [3.05, 3.63) is 77.3 Å². The van der Waals surface area contributed by atoms with Crippen LogP contribution >= 0.6 is 0 Å². The second-order valence-electron chi connectivity index (χ2n) is 6.91. The van der Waals surface area contributed by atoms with E-state index in [1.54, 1.807) is 18.2 Å². The summed E-state index contributed by atoms with van der Waals surface area (Å²) in [5.41, 5.74) is 1.76. The first kappa shape index (κ1) is 19.9. The minimum atomic E-state index is -0.288. The summed E-state index contributed by atoms with van der Waals surface area (Å²) in [7, 11) is 0. The maximum absolute atomic E-state index is 14.2. The monoisotopic (exact) mass is 411 g/mol. The van der Waals surface area contributed by atoms with Gasteiger partial charge in [0.2, 0.25) is 12.7 Å². The van der Waals surface area contributed by atoms with Crippen molar-refractivity contribution in [3.8, 4) is 11.5 Å². The van der Waals surface area contributed by atoms with Crippen LogP contribution in [0.25, 0.3) is 0 Å². The number of benzene rings is 2. The van der Waals surface area contributed by atoms with Gasteiger partial charge >= 0.3 is 0 Å². The molecule has 2 heterocycles. The molecule has 0 saturated heterocycles. The van der Waals surface area contributed by atoms with Crippen molar-refractivity contribution in [3.63, 3.8) is 0 Å². The first-order chi connectivity index (χ1) is 14.6. The summed E-state index contributed by atoms with van der Waals surface area (Å²) in [5.74, 6) is 1.22. The van der Waals surface area contributed by atoms with E-state index < -0.39 is 0 Å². The zero-order valence-electron chi connectivity index (χ0n) is 16.6. The third-order valence-corrected chi connectivity index (χ3v) is 4.68. The lowest BCUT2D eigenvalue weighted by atomic mass is 10.1. The van der Waals surface area contributed by atoms with Gasteiger partial charge in [0.05, 0.1) is 6.54 Å². The van der Waals surface area contributed by atoms with Crippen molar-refractivity contribution in [1.29, 1.82) is 0 Å². The molecule has 1 aliphatic rings. The molecule has 30 heavy (non-hydrogen) atoms. The number of carbonyl (C=O) groups excluding carboxylic acids is 1. The molecule has 0 unspecified atom stereocenters. The summed E-state index contributed by atoms with van der Waals surface area (Å²) in [6, 6.07) is 12.4. The van der Waals surface area contributed by atoms with Gasteiger partial charge in [-0.25, -0.2) is 9.37 Å². The van der Waals surface area contributed by atoms with E-state index in [1.807, 2.05) is 30.0 Å². The highest BCUT2D eigenvalue weighted by atomic mass is 19.1. The van der Waals surface area contributed by atoms with Gasteiger partial charge in [-0.15, -0.1) is 0 Å². The molecule has 0 saturated carbocycles. The Morgan fingerprint density at radius 3 is 2.80 bits per heavy atom. The predicted molar refractivity (Wildman–Crippen MR) is 106 cm³/mol. The SMILES string of the molecule is CCNC(=O)c1coc(CN(Cc2ccc3c(c2)OCO3)Cc2ccccc2F)n1. The molecule has 0 radical (unpaired) electrons. The smallest absolute Gasteiger partial charge is 0.273 e. The quantitative estimate of drug-likeness (QED) is 0.612. The lowest BCUT2D eigenvalue weighted by molar-refractivity contribution is 0.0950. The molecule has 3 aromatic rings. The normalized spacial score (nSPS) is 12.4. The minimum Gasteiger partial charge on any atom is -0.454 e. The summed E-state index contributed by atoms with van der Waals surface area (Å²) < 4.78 is 30.6. The fraction of sp³-hybridized carbons (Fsp3) is 0.273. The Kier molecular flexibility index (Phi) is 5.94. The second-order valence-corrected chi connectivity index (χ2v) is 6.91. The molecule has 1 amide bonds. The van der Waals surface area contributed by atoms with E-state index in [0.29, 0.717) is 49.1 Å². The van der Waals surface area contributed by atoms with Gasteiger partial charge in [-0.1, -0.05) is 24.3 Å². The van der Waals surface area contributed by atoms with Gasteiger partial charge in [0.15, 0.2) is 17.2 Å². The van der Waals surface area contributed by atoms with Gasteiger partial charge in [0.25, 0.3) is 5.91 Å². The Bertz CT molecular complexity index is 1040. The average Bonchev–Trinajstić information content (AvgIpc) is 3.39. The molecule has 8 heteroatoms. The summed E-state index contributed by atoms with van der Waals surface area (Å²) >= 11 is 0. The fourth-order valence-corrected chi connectivity index (χ4v) is 3.26. The highest BCUT2D eigenvalue weighted by Crippen LogP contribution is 2.33. The van der Waals surface area contributed by atoms with E-state index in [-0.39, 0.29) is 24.2 Å². The maximum atomic E-state index is 14.2. The molecular formula is C22H22FN3O4. The molecule has 7 nitrogen and oxygen atoms in total. The Morgan fingerprint density at radius 2 is 1.97 bits per heavy atom. The maximum Gasteiger partial charge on any atom is 0.273 e. The molecule has 0 spiro atoms. The number of halogens is 1. The van der Waals surface area contributed by atoms with Gasteiger partial charge in [-0.3, -0.25) is 9.69 Å². The lowest BCUT2D eigenvalue weighted by Crippen LogP contribution is -2.24. The highest BCUT2D eigenvalue weighted by molar-refractivity contribution is 5.91. The summed E-state index contributed by atoms with van der Waals surface area (Å²) in [6.07, 6.45) is 1.34. The van der Waals surface area contributed by atoms with Gasteiger partial charge in [-0.2, -0.15) is 0 Å². The Balaban J connectivity index is 1.54. The minimum absolute atomic E-state index is 0.205. The van der Waals surface area contributed by atoms with E-state index in [4.69, 9.17) is 13.9 Å². The van der Waals surface area contributed by atoms with Crippen LogP contribution in [0.4, 0.5) is 4.39 Å². The number of ether oxygens (including phenoxy) is 2. The molecule has 2 aromatic carbocycles. The van der Waals surface area contributed by atoms with E-state index >= 15 is 0 Å². The average molecular weight is 411 g/mol. The number of nitrogens with one attached hydrogen (secondary N) is 1. The highest BCUT2D eigenvalue weighted by Gasteiger charge is 2.18. The number of carbonyl (C=O) groups is 1. The number of hydrogen-bond acceptors (Lipinski definition) is 6. The molecule has 0 aliphatic carbocycles. The van der Waals surface area contributed by atoms with Crippen molar-refractivity contribution < 1.29 is 23.1 Å². The molecule has 1 aliphatic heterocycles. The molecule has 0 fully saturated rings. The van der Waals surface area contributed by atoms with Crippen molar-refractivity contribution in [2.24, 2.45) is 0 Å². The molecule has 0 bridgehead atoms. The standard InChI is InChI=1S/C22H22FN3O4/c1-2-24-22(27)18-13-28-21(25-18)12-26(11-16-5-3-4-6-17(16)23)10-15-7-8-19-20(9-15)30-14-29-19/h3-9,13H,2,10-12,14H2,1H3,(H,24,27). The zero-order valence-corrected chi connectivity index (χ0v) is 16.6. The molecule has 156 valence electrons. The van der Waals surface area contributed by atoms with E-state index in [0.717, 1.165) is 5.56 Å². The number of rotatable bonds is 8. The Hall–Kier alpha value is -3.39. The van der Waals surface area contributed by atoms with Crippen LogP contribution in [0, 0.1) is 5.82 Å². The first-order valence-electron chi connectivity index (χ1n) is 9.69. The van der Waals surface area contributed by atoms with E-state index in [2.05, 4.69) is 10.3 Å². The van der Waals surface area contributed by atoms with Crippen LogP contribution in [0.1, 0.15) is 34.4 Å². The van der Waals surface area contributed by atoms with Crippen LogP contribution < -0.4 is 14.8 Å². The summed E-state index contributed by atoms with van der Waals surface area (Å²) in [4.78, 5) is 18.2. The third-order valence-electron chi connectivity index (χ3n) is 4.68. The van der Waals surface area contributed by atoms with Crippen molar-refractivity contribution in [2.45, 2.75) is 26.6 Å². The third kappa shape index (κ3) is 4.60. The number of hydrogen-bond donors (Lipinski definition) is 1. The largest absolute Gasteiger partial charge is 0.454 e. The Morgan fingerprint density at radius 1 is 1.13 bits per heavy atom. The predicted octanol–water partition coefficient (Wildman–Crippen LogP) is 3.49. The van der Waals surface area contributed by atoms with Crippen molar-refractivity contribution in [1.82, 2.24) is 15.2 Å². The van der Waals surface area contributed by atoms with Crippen LogP contribution in [0.5, 0.6) is 11.5 Å². The molecule has 0 atom stereocenters. The number of fused-ring (bicyclic) bond motifs is 1. The van der Waals surface area contributed by atoms with E-state index in [1.165, 1.54) is 12.3 Å². The number of aromatic nitrogens is 1. The summed E-state index contributed by atoms with van der Waals surface area (Å²) in [5, 5.41) is 2.69. The number of amides is 1. The molecule has 4 rings (SSSR count). The molecule has 1 N–H and O–H groups in total. The summed E-state index contributed by atoms with van der Waals surface area (Å²) in [6.45, 7) is 3.70. The van der Waals surface area contributed by atoms with Crippen molar-refractivity contribution >= 4 is 5.91 Å².